The van der Waals surface area contributed by atoms with Gasteiger partial charge in [-0.05, 0) is 20.3 Å². The highest BCUT2D eigenvalue weighted by atomic mass is 19.1. The van der Waals surface area contributed by atoms with Crippen molar-refractivity contribution in [2.75, 3.05) is 13.2 Å². The molecule has 4 heteroatoms. The highest BCUT2D eigenvalue weighted by Gasteiger charge is 2.39. The molecule has 76 valence electrons. The van der Waals surface area contributed by atoms with Gasteiger partial charge in [-0.15, -0.1) is 0 Å². The van der Waals surface area contributed by atoms with Gasteiger partial charge in [-0.1, -0.05) is 0 Å². The molecule has 2 atom stereocenters. The summed E-state index contributed by atoms with van der Waals surface area (Å²) in [5.41, 5.74) is 0. The first-order valence-corrected chi connectivity index (χ1v) is 4.62. The molecule has 2 unspecified atom stereocenters. The third-order valence-electron chi connectivity index (χ3n) is 2.49. The van der Waals surface area contributed by atoms with Crippen molar-refractivity contribution in [3.8, 4) is 0 Å². The predicted molar refractivity (Wildman–Crippen MR) is 47.2 cm³/mol. The van der Waals surface area contributed by atoms with E-state index in [9.17, 15) is 9.18 Å². The molecule has 0 aromatic rings. The molecule has 1 fully saturated rings. The molecular formula is C9H16FNO2. The standard InChI is InChI=1S/C9H16FNO2/c1-7(2)11-5-8(10)9(11)3-4-13-6-12/h6-9H,3-5H2,1-2H3. The normalized spacial score (nSPS) is 28.6. The number of likely N-dealkylation sites (tertiary alicyclic amines) is 1. The molecule has 1 saturated heterocycles. The summed E-state index contributed by atoms with van der Waals surface area (Å²) in [6.07, 6.45) is -0.157. The van der Waals surface area contributed by atoms with Crippen LogP contribution in [0.25, 0.3) is 0 Å². The summed E-state index contributed by atoms with van der Waals surface area (Å²) in [7, 11) is 0. The average molecular weight is 189 g/mol. The van der Waals surface area contributed by atoms with Crippen molar-refractivity contribution < 1.29 is 13.9 Å². The minimum Gasteiger partial charge on any atom is -0.468 e. The van der Waals surface area contributed by atoms with Gasteiger partial charge in [0.05, 0.1) is 6.61 Å². The first-order chi connectivity index (χ1) is 6.16. The third-order valence-corrected chi connectivity index (χ3v) is 2.49. The van der Waals surface area contributed by atoms with E-state index >= 15 is 0 Å². The van der Waals surface area contributed by atoms with E-state index in [1.807, 2.05) is 13.8 Å². The van der Waals surface area contributed by atoms with E-state index in [1.165, 1.54) is 0 Å². The fraction of sp³-hybridized carbons (Fsp3) is 0.889. The van der Waals surface area contributed by atoms with Crippen LogP contribution in [0.1, 0.15) is 20.3 Å². The highest BCUT2D eigenvalue weighted by Crippen LogP contribution is 2.26. The van der Waals surface area contributed by atoms with Crippen LogP contribution < -0.4 is 0 Å². The first kappa shape index (κ1) is 10.4. The molecular weight excluding hydrogens is 173 g/mol. The van der Waals surface area contributed by atoms with E-state index in [-0.39, 0.29) is 6.04 Å². The van der Waals surface area contributed by atoms with Gasteiger partial charge in [0.1, 0.15) is 6.17 Å². The van der Waals surface area contributed by atoms with Crippen LogP contribution in [-0.2, 0) is 9.53 Å². The molecule has 0 saturated carbocycles. The second-order valence-electron chi connectivity index (χ2n) is 3.63. The molecule has 0 bridgehead atoms. The summed E-state index contributed by atoms with van der Waals surface area (Å²) in [6, 6.07) is 0.313. The van der Waals surface area contributed by atoms with Gasteiger partial charge in [0.25, 0.3) is 6.47 Å². The Kier molecular flexibility index (Phi) is 3.66. The topological polar surface area (TPSA) is 29.5 Å². The molecule has 1 rings (SSSR count). The molecule has 1 aliphatic rings. The van der Waals surface area contributed by atoms with Crippen LogP contribution in [0, 0.1) is 0 Å². The van der Waals surface area contributed by atoms with Crippen molar-refractivity contribution in [2.45, 2.75) is 38.5 Å². The van der Waals surface area contributed by atoms with Crippen molar-refractivity contribution in [1.82, 2.24) is 4.90 Å². The van der Waals surface area contributed by atoms with Gasteiger partial charge in [-0.3, -0.25) is 9.69 Å². The van der Waals surface area contributed by atoms with Crippen molar-refractivity contribution in [3.63, 3.8) is 0 Å². The number of halogens is 1. The van der Waals surface area contributed by atoms with Crippen LogP contribution in [0.2, 0.25) is 0 Å². The summed E-state index contributed by atoms with van der Waals surface area (Å²) in [6.45, 7) is 5.33. The summed E-state index contributed by atoms with van der Waals surface area (Å²) < 4.78 is 17.6. The molecule has 0 aromatic carbocycles. The number of alkyl halides is 1. The zero-order valence-electron chi connectivity index (χ0n) is 8.07. The summed E-state index contributed by atoms with van der Waals surface area (Å²) in [4.78, 5) is 11.9. The Bertz CT molecular complexity index is 175. The smallest absolute Gasteiger partial charge is 0.293 e. The monoisotopic (exact) mass is 189 g/mol. The lowest BCUT2D eigenvalue weighted by Crippen LogP contribution is -2.60. The van der Waals surface area contributed by atoms with Gasteiger partial charge in [-0.2, -0.15) is 0 Å². The Labute approximate surface area is 77.9 Å². The molecule has 13 heavy (non-hydrogen) atoms. The second kappa shape index (κ2) is 4.56. The largest absolute Gasteiger partial charge is 0.468 e. The van der Waals surface area contributed by atoms with Crippen molar-refractivity contribution >= 4 is 6.47 Å². The molecule has 0 N–H and O–H groups in total. The molecule has 1 aliphatic heterocycles. The number of nitrogens with zero attached hydrogens (tertiary/aromatic N) is 1. The van der Waals surface area contributed by atoms with Gasteiger partial charge in [-0.25, -0.2) is 4.39 Å². The van der Waals surface area contributed by atoms with E-state index in [0.717, 1.165) is 0 Å². The molecule has 0 aliphatic carbocycles. The zero-order chi connectivity index (χ0) is 9.84. The number of rotatable bonds is 5. The summed E-state index contributed by atoms with van der Waals surface area (Å²) in [5.74, 6) is 0. The fourth-order valence-corrected chi connectivity index (χ4v) is 1.71. The maximum atomic E-state index is 13.0. The van der Waals surface area contributed by atoms with E-state index in [2.05, 4.69) is 9.64 Å². The van der Waals surface area contributed by atoms with Gasteiger partial charge in [0, 0.05) is 18.6 Å². The summed E-state index contributed by atoms with van der Waals surface area (Å²) >= 11 is 0. The number of carbonyl (C=O) groups is 1. The minimum absolute atomic E-state index is 0.0556. The molecule has 1 heterocycles. The molecule has 0 spiro atoms. The van der Waals surface area contributed by atoms with E-state index in [0.29, 0.717) is 32.1 Å². The van der Waals surface area contributed by atoms with Crippen LogP contribution >= 0.6 is 0 Å². The predicted octanol–water partition coefficient (Wildman–Crippen LogP) is 0.980. The Hall–Kier alpha value is -0.640. The van der Waals surface area contributed by atoms with E-state index in [4.69, 9.17) is 0 Å². The molecule has 0 amide bonds. The van der Waals surface area contributed by atoms with Crippen molar-refractivity contribution in [1.29, 1.82) is 0 Å². The van der Waals surface area contributed by atoms with E-state index in [1.54, 1.807) is 0 Å². The number of carbonyl (C=O) groups excluding carboxylic acids is 1. The van der Waals surface area contributed by atoms with Gasteiger partial charge < -0.3 is 4.74 Å². The van der Waals surface area contributed by atoms with Crippen LogP contribution in [0.15, 0.2) is 0 Å². The Morgan fingerprint density at radius 1 is 1.69 bits per heavy atom. The highest BCUT2D eigenvalue weighted by molar-refractivity contribution is 5.36. The lowest BCUT2D eigenvalue weighted by atomic mass is 9.96. The maximum absolute atomic E-state index is 13.0. The van der Waals surface area contributed by atoms with Crippen molar-refractivity contribution in [3.05, 3.63) is 0 Å². The third kappa shape index (κ3) is 2.40. The van der Waals surface area contributed by atoms with Crippen LogP contribution in [0.4, 0.5) is 4.39 Å². The number of hydrogen-bond donors (Lipinski definition) is 0. The van der Waals surface area contributed by atoms with Gasteiger partial charge in [0.15, 0.2) is 0 Å². The van der Waals surface area contributed by atoms with E-state index < -0.39 is 6.17 Å². The first-order valence-electron chi connectivity index (χ1n) is 4.62. The molecule has 0 aromatic heterocycles. The van der Waals surface area contributed by atoms with Gasteiger partial charge in [0.2, 0.25) is 0 Å². The second-order valence-corrected chi connectivity index (χ2v) is 3.63. The quantitative estimate of drug-likeness (QED) is 0.477. The Morgan fingerprint density at radius 2 is 2.38 bits per heavy atom. The van der Waals surface area contributed by atoms with Gasteiger partial charge >= 0.3 is 0 Å². The number of ether oxygens (including phenoxy) is 1. The molecule has 0 radical (unpaired) electrons. The fourth-order valence-electron chi connectivity index (χ4n) is 1.71. The zero-order valence-corrected chi connectivity index (χ0v) is 8.07. The molecule has 3 nitrogen and oxygen atoms in total. The number of hydrogen-bond acceptors (Lipinski definition) is 3. The summed E-state index contributed by atoms with van der Waals surface area (Å²) in [5, 5.41) is 0. The van der Waals surface area contributed by atoms with Crippen LogP contribution in [0.5, 0.6) is 0 Å². The van der Waals surface area contributed by atoms with Crippen LogP contribution in [-0.4, -0.2) is 42.8 Å². The van der Waals surface area contributed by atoms with Crippen LogP contribution in [0.3, 0.4) is 0 Å². The Morgan fingerprint density at radius 3 is 2.85 bits per heavy atom. The lowest BCUT2D eigenvalue weighted by molar-refractivity contribution is -0.130. The minimum atomic E-state index is -0.752. The average Bonchev–Trinajstić information content (AvgIpc) is 2.07. The SMILES string of the molecule is CC(C)N1CC(F)C1CCOC=O. The van der Waals surface area contributed by atoms with Crippen molar-refractivity contribution in [2.24, 2.45) is 0 Å². The Balaban J connectivity index is 2.25. The maximum Gasteiger partial charge on any atom is 0.293 e. The lowest BCUT2D eigenvalue weighted by Gasteiger charge is -2.46.